The van der Waals surface area contributed by atoms with E-state index in [9.17, 15) is 9.59 Å². The highest BCUT2D eigenvalue weighted by Gasteiger charge is 2.12. The molecule has 30 heavy (non-hydrogen) atoms. The second-order valence-corrected chi connectivity index (χ2v) is 6.09. The number of hydrazone groups is 1. The molecule has 0 spiro atoms. The molecule has 0 radical (unpaired) electrons. The largest absolute Gasteiger partial charge is 0.497 e. The Morgan fingerprint density at radius 3 is 2.23 bits per heavy atom. The van der Waals surface area contributed by atoms with Crippen LogP contribution in [0.15, 0.2) is 77.9 Å². The Kier molecular flexibility index (Phi) is 6.78. The summed E-state index contributed by atoms with van der Waals surface area (Å²) in [6, 6.07) is 20.3. The number of rotatable bonds is 7. The molecule has 1 N–H and O–H groups in total. The summed E-state index contributed by atoms with van der Waals surface area (Å²) in [6.07, 6.45) is 1.45. The lowest BCUT2D eigenvalue weighted by Gasteiger charge is -2.10. The number of carbonyl (C=O) groups excluding carboxylic acids is 2. The van der Waals surface area contributed by atoms with Crippen molar-refractivity contribution < 1.29 is 23.8 Å². The first-order valence-corrected chi connectivity index (χ1v) is 9.03. The lowest BCUT2D eigenvalue weighted by molar-refractivity contribution is 0.0729. The van der Waals surface area contributed by atoms with Crippen LogP contribution in [0.5, 0.6) is 17.2 Å². The summed E-state index contributed by atoms with van der Waals surface area (Å²) in [5.41, 5.74) is 3.93. The van der Waals surface area contributed by atoms with E-state index in [4.69, 9.17) is 14.2 Å². The standard InChI is InChI=1S/C23H20N2O5/c1-28-19-11-9-17(10-12-19)22(26)25-24-15-16-8-13-20(29-2)21(14-16)30-23(27)18-6-4-3-5-7-18/h3-15H,1-2H3,(H,25,26)/b24-15-. The summed E-state index contributed by atoms with van der Waals surface area (Å²) < 4.78 is 15.8. The van der Waals surface area contributed by atoms with Crippen molar-refractivity contribution in [2.24, 2.45) is 5.10 Å². The molecule has 3 aromatic carbocycles. The van der Waals surface area contributed by atoms with E-state index in [-0.39, 0.29) is 11.7 Å². The maximum atomic E-state index is 12.3. The van der Waals surface area contributed by atoms with Crippen molar-refractivity contribution in [3.8, 4) is 17.2 Å². The van der Waals surface area contributed by atoms with E-state index in [2.05, 4.69) is 10.5 Å². The minimum absolute atomic E-state index is 0.247. The Morgan fingerprint density at radius 1 is 0.833 bits per heavy atom. The Hall–Kier alpha value is -4.13. The molecule has 0 saturated heterocycles. The lowest BCUT2D eigenvalue weighted by atomic mass is 10.2. The van der Waals surface area contributed by atoms with E-state index in [0.717, 1.165) is 0 Å². The maximum Gasteiger partial charge on any atom is 0.343 e. The fraction of sp³-hybridized carbons (Fsp3) is 0.0870. The van der Waals surface area contributed by atoms with Gasteiger partial charge in [0.15, 0.2) is 11.5 Å². The average Bonchev–Trinajstić information content (AvgIpc) is 2.80. The molecule has 7 nitrogen and oxygen atoms in total. The highest BCUT2D eigenvalue weighted by Crippen LogP contribution is 2.28. The average molecular weight is 404 g/mol. The van der Waals surface area contributed by atoms with Gasteiger partial charge in [-0.2, -0.15) is 5.10 Å². The molecule has 0 heterocycles. The van der Waals surface area contributed by atoms with Gasteiger partial charge in [0.05, 0.1) is 26.0 Å². The number of amides is 1. The molecule has 0 aromatic heterocycles. The van der Waals surface area contributed by atoms with Gasteiger partial charge in [-0.3, -0.25) is 4.79 Å². The topological polar surface area (TPSA) is 86.2 Å². The first kappa shape index (κ1) is 20.6. The quantitative estimate of drug-likeness (QED) is 0.281. The van der Waals surface area contributed by atoms with Gasteiger partial charge in [0.25, 0.3) is 5.91 Å². The van der Waals surface area contributed by atoms with E-state index in [1.54, 1.807) is 73.8 Å². The fourth-order valence-electron chi connectivity index (χ4n) is 2.56. The van der Waals surface area contributed by atoms with Crippen LogP contribution in [0.2, 0.25) is 0 Å². The maximum absolute atomic E-state index is 12.3. The van der Waals surface area contributed by atoms with Gasteiger partial charge in [-0.25, -0.2) is 10.2 Å². The second kappa shape index (κ2) is 9.88. The van der Waals surface area contributed by atoms with Crippen LogP contribution in [-0.4, -0.2) is 32.3 Å². The molecule has 152 valence electrons. The number of carbonyl (C=O) groups is 2. The predicted octanol–water partition coefficient (Wildman–Crippen LogP) is 3.69. The van der Waals surface area contributed by atoms with Gasteiger partial charge in [0.1, 0.15) is 5.75 Å². The molecule has 0 fully saturated rings. The van der Waals surface area contributed by atoms with Gasteiger partial charge in [0.2, 0.25) is 0 Å². The van der Waals surface area contributed by atoms with E-state index < -0.39 is 5.97 Å². The number of benzene rings is 3. The molecule has 0 aliphatic rings. The molecule has 0 aliphatic heterocycles. The molecule has 0 atom stereocenters. The van der Waals surface area contributed by atoms with Crippen molar-refractivity contribution >= 4 is 18.1 Å². The zero-order chi connectivity index (χ0) is 21.3. The molecule has 0 unspecified atom stereocenters. The number of nitrogens with one attached hydrogen (secondary N) is 1. The smallest absolute Gasteiger partial charge is 0.343 e. The number of methoxy groups -OCH3 is 2. The van der Waals surface area contributed by atoms with Crippen LogP contribution in [0.25, 0.3) is 0 Å². The highest BCUT2D eigenvalue weighted by molar-refractivity contribution is 5.95. The number of hydrogen-bond donors (Lipinski definition) is 1. The third-order valence-corrected chi connectivity index (χ3v) is 4.13. The highest BCUT2D eigenvalue weighted by atomic mass is 16.6. The van der Waals surface area contributed by atoms with Gasteiger partial charge in [-0.1, -0.05) is 18.2 Å². The predicted molar refractivity (Wildman–Crippen MR) is 112 cm³/mol. The van der Waals surface area contributed by atoms with E-state index in [0.29, 0.717) is 28.2 Å². The molecule has 3 rings (SSSR count). The van der Waals surface area contributed by atoms with Crippen LogP contribution in [0.4, 0.5) is 0 Å². The summed E-state index contributed by atoms with van der Waals surface area (Å²) >= 11 is 0. The van der Waals surface area contributed by atoms with Crippen molar-refractivity contribution in [1.82, 2.24) is 5.43 Å². The van der Waals surface area contributed by atoms with Crippen molar-refractivity contribution in [3.63, 3.8) is 0 Å². The normalized spacial score (nSPS) is 10.5. The molecule has 7 heteroatoms. The summed E-state index contributed by atoms with van der Waals surface area (Å²) in [5.74, 6) is 0.440. The summed E-state index contributed by atoms with van der Waals surface area (Å²) in [4.78, 5) is 24.5. The van der Waals surface area contributed by atoms with Crippen molar-refractivity contribution in [2.45, 2.75) is 0 Å². The number of esters is 1. The Labute approximate surface area is 173 Å². The van der Waals surface area contributed by atoms with Gasteiger partial charge >= 0.3 is 5.97 Å². The van der Waals surface area contributed by atoms with Crippen molar-refractivity contribution in [2.75, 3.05) is 14.2 Å². The molecule has 3 aromatic rings. The Morgan fingerprint density at radius 2 is 1.57 bits per heavy atom. The summed E-state index contributed by atoms with van der Waals surface area (Å²) in [5, 5.41) is 3.96. The molecular formula is C23H20N2O5. The van der Waals surface area contributed by atoms with Gasteiger partial charge in [-0.05, 0) is 60.2 Å². The summed E-state index contributed by atoms with van der Waals surface area (Å²) in [6.45, 7) is 0. The monoisotopic (exact) mass is 404 g/mol. The molecular weight excluding hydrogens is 384 g/mol. The Bertz CT molecular complexity index is 1050. The van der Waals surface area contributed by atoms with Crippen LogP contribution < -0.4 is 19.6 Å². The number of ether oxygens (including phenoxy) is 3. The third-order valence-electron chi connectivity index (χ3n) is 4.13. The minimum atomic E-state index is -0.504. The van der Waals surface area contributed by atoms with E-state index >= 15 is 0 Å². The minimum Gasteiger partial charge on any atom is -0.497 e. The zero-order valence-electron chi connectivity index (χ0n) is 16.5. The first-order valence-electron chi connectivity index (χ1n) is 9.03. The van der Waals surface area contributed by atoms with Crippen LogP contribution in [-0.2, 0) is 0 Å². The van der Waals surface area contributed by atoms with E-state index in [1.807, 2.05) is 6.07 Å². The molecule has 0 aliphatic carbocycles. The van der Waals surface area contributed by atoms with Gasteiger partial charge in [0, 0.05) is 5.56 Å². The van der Waals surface area contributed by atoms with Crippen LogP contribution >= 0.6 is 0 Å². The van der Waals surface area contributed by atoms with Crippen molar-refractivity contribution in [1.29, 1.82) is 0 Å². The van der Waals surface area contributed by atoms with Gasteiger partial charge < -0.3 is 14.2 Å². The van der Waals surface area contributed by atoms with Crippen LogP contribution in [0, 0.1) is 0 Å². The fourth-order valence-corrected chi connectivity index (χ4v) is 2.56. The summed E-state index contributed by atoms with van der Waals surface area (Å²) in [7, 11) is 3.04. The molecule has 0 saturated carbocycles. The number of nitrogens with zero attached hydrogens (tertiary/aromatic N) is 1. The third kappa shape index (κ3) is 5.23. The Balaban J connectivity index is 1.69. The first-order chi connectivity index (χ1) is 14.6. The van der Waals surface area contributed by atoms with Gasteiger partial charge in [-0.15, -0.1) is 0 Å². The van der Waals surface area contributed by atoms with Crippen LogP contribution in [0.1, 0.15) is 26.3 Å². The molecule has 1 amide bonds. The molecule has 0 bridgehead atoms. The lowest BCUT2D eigenvalue weighted by Crippen LogP contribution is -2.17. The number of hydrogen-bond acceptors (Lipinski definition) is 6. The van der Waals surface area contributed by atoms with E-state index in [1.165, 1.54) is 13.3 Å². The SMILES string of the molecule is COc1ccc(C(=O)N/N=C\c2ccc(OC)c(OC(=O)c3ccccc3)c2)cc1. The van der Waals surface area contributed by atoms with Crippen molar-refractivity contribution in [3.05, 3.63) is 89.5 Å². The van der Waals surface area contributed by atoms with Crippen LogP contribution in [0.3, 0.4) is 0 Å². The second-order valence-electron chi connectivity index (χ2n) is 6.09. The zero-order valence-corrected chi connectivity index (χ0v) is 16.5.